The third-order valence-corrected chi connectivity index (χ3v) is 9.13. The summed E-state index contributed by atoms with van der Waals surface area (Å²) in [6, 6.07) is 0. The first-order valence-electron chi connectivity index (χ1n) is 13.6. The van der Waals surface area contributed by atoms with Gasteiger partial charge in [0.1, 0.15) is 6.10 Å². The Morgan fingerprint density at radius 3 is 2.33 bits per heavy atom. The van der Waals surface area contributed by atoms with E-state index in [1.807, 2.05) is 0 Å². The molecule has 0 aromatic carbocycles. The van der Waals surface area contributed by atoms with E-state index in [4.69, 9.17) is 4.74 Å². The lowest BCUT2D eigenvalue weighted by Gasteiger charge is -2.38. The van der Waals surface area contributed by atoms with Crippen LogP contribution in [0.5, 0.6) is 0 Å². The highest BCUT2D eigenvalue weighted by Crippen LogP contribution is 2.47. The fraction of sp³-hybridized carbons (Fsp3) is 0.893. The van der Waals surface area contributed by atoms with Crippen molar-refractivity contribution in [2.45, 2.75) is 122 Å². The molecule has 4 atom stereocenters. The predicted octanol–water partition coefficient (Wildman–Crippen LogP) is 7.86. The fourth-order valence-corrected chi connectivity index (χ4v) is 7.38. The fourth-order valence-electron chi connectivity index (χ4n) is 7.38. The van der Waals surface area contributed by atoms with Crippen molar-refractivity contribution in [3.63, 3.8) is 0 Å². The van der Waals surface area contributed by atoms with Gasteiger partial charge in [-0.2, -0.15) is 0 Å². The Bertz CT molecular complexity index is 553. The van der Waals surface area contributed by atoms with Crippen LogP contribution in [0.2, 0.25) is 0 Å². The number of unbranched alkanes of at least 4 members (excludes halogenated alkanes) is 3. The second kappa shape index (κ2) is 11.2. The summed E-state index contributed by atoms with van der Waals surface area (Å²) in [5.41, 5.74) is 0. The van der Waals surface area contributed by atoms with E-state index >= 15 is 0 Å². The van der Waals surface area contributed by atoms with Gasteiger partial charge in [0.2, 0.25) is 0 Å². The Hall–Kier alpha value is -0.790. The molecule has 0 saturated heterocycles. The van der Waals surface area contributed by atoms with E-state index in [-0.39, 0.29) is 18.0 Å². The highest BCUT2D eigenvalue weighted by molar-refractivity contribution is 5.74. The Kier molecular flexibility index (Phi) is 8.35. The van der Waals surface area contributed by atoms with Crippen molar-refractivity contribution in [1.82, 2.24) is 0 Å². The number of hydrogen-bond donors (Lipinski definition) is 0. The molecule has 0 amide bonds. The van der Waals surface area contributed by atoms with Crippen LogP contribution >= 0.6 is 0 Å². The largest absolute Gasteiger partial charge is 0.462 e. The van der Waals surface area contributed by atoms with Crippen LogP contribution in [-0.4, -0.2) is 12.1 Å². The smallest absolute Gasteiger partial charge is 0.310 e. The van der Waals surface area contributed by atoms with Gasteiger partial charge in [-0.3, -0.25) is 4.79 Å². The lowest BCUT2D eigenvalue weighted by atomic mass is 9.70. The maximum atomic E-state index is 13.4. The van der Waals surface area contributed by atoms with Crippen LogP contribution in [0.4, 0.5) is 0 Å². The molecule has 3 saturated carbocycles. The lowest BCUT2D eigenvalue weighted by molar-refractivity contribution is -0.161. The number of carbonyl (C=O) groups is 1. The van der Waals surface area contributed by atoms with Crippen molar-refractivity contribution in [2.75, 3.05) is 0 Å². The first-order chi connectivity index (χ1) is 14.8. The van der Waals surface area contributed by atoms with Crippen LogP contribution in [0, 0.1) is 35.5 Å². The van der Waals surface area contributed by atoms with Gasteiger partial charge in [-0.05, 0) is 74.5 Å². The van der Waals surface area contributed by atoms with E-state index in [2.05, 4.69) is 19.1 Å². The SMILES string of the molecule is CCCCCC[C@@H]1C=C[C@@H]2CCC[C@H]2[C@@H]1C(=O)OC1CCC(C2CCCCC2)CC1. The number of esters is 1. The first kappa shape index (κ1) is 22.4. The zero-order valence-corrected chi connectivity index (χ0v) is 19.5. The predicted molar refractivity (Wildman–Crippen MR) is 124 cm³/mol. The molecule has 0 radical (unpaired) electrons. The quantitative estimate of drug-likeness (QED) is 0.229. The van der Waals surface area contributed by atoms with Gasteiger partial charge >= 0.3 is 5.97 Å². The zero-order valence-electron chi connectivity index (χ0n) is 19.5. The molecule has 4 rings (SSSR count). The summed E-state index contributed by atoms with van der Waals surface area (Å²) in [7, 11) is 0. The number of rotatable bonds is 8. The van der Waals surface area contributed by atoms with E-state index in [1.54, 1.807) is 0 Å². The summed E-state index contributed by atoms with van der Waals surface area (Å²) in [4.78, 5) is 13.4. The number of ether oxygens (including phenoxy) is 1. The average molecular weight is 415 g/mol. The van der Waals surface area contributed by atoms with Gasteiger partial charge in [-0.25, -0.2) is 0 Å². The van der Waals surface area contributed by atoms with Crippen LogP contribution < -0.4 is 0 Å². The summed E-state index contributed by atoms with van der Waals surface area (Å²) in [6.45, 7) is 2.27. The number of carbonyl (C=O) groups excluding carboxylic acids is 1. The van der Waals surface area contributed by atoms with E-state index in [0.29, 0.717) is 17.8 Å². The molecule has 4 aliphatic rings. The van der Waals surface area contributed by atoms with Crippen LogP contribution in [0.25, 0.3) is 0 Å². The van der Waals surface area contributed by atoms with Gasteiger partial charge in [-0.15, -0.1) is 0 Å². The van der Waals surface area contributed by atoms with Gasteiger partial charge in [0.25, 0.3) is 0 Å². The molecule has 2 heteroatoms. The molecule has 0 heterocycles. The Morgan fingerprint density at radius 1 is 0.800 bits per heavy atom. The molecule has 0 N–H and O–H groups in total. The van der Waals surface area contributed by atoms with Gasteiger partial charge in [0.05, 0.1) is 5.92 Å². The van der Waals surface area contributed by atoms with Gasteiger partial charge in [0, 0.05) is 0 Å². The molecule has 0 aromatic heterocycles. The topological polar surface area (TPSA) is 26.3 Å². The Morgan fingerprint density at radius 2 is 1.57 bits per heavy atom. The van der Waals surface area contributed by atoms with Crippen LogP contribution in [-0.2, 0) is 9.53 Å². The third-order valence-electron chi connectivity index (χ3n) is 9.13. The number of allylic oxidation sites excluding steroid dienone is 2. The number of hydrogen-bond acceptors (Lipinski definition) is 2. The summed E-state index contributed by atoms with van der Waals surface area (Å²) in [5.74, 6) is 3.79. The minimum atomic E-state index is 0.139. The van der Waals surface area contributed by atoms with Crippen molar-refractivity contribution in [3.05, 3.63) is 12.2 Å². The van der Waals surface area contributed by atoms with Gasteiger partial charge < -0.3 is 4.74 Å². The van der Waals surface area contributed by atoms with Crippen LogP contribution in [0.3, 0.4) is 0 Å². The highest BCUT2D eigenvalue weighted by Gasteiger charge is 2.44. The third kappa shape index (κ3) is 5.52. The molecular weight excluding hydrogens is 368 g/mol. The zero-order chi connectivity index (χ0) is 20.8. The molecule has 0 aromatic rings. The minimum Gasteiger partial charge on any atom is -0.462 e. The maximum Gasteiger partial charge on any atom is 0.310 e. The van der Waals surface area contributed by atoms with E-state index in [0.717, 1.165) is 24.7 Å². The second-order valence-corrected chi connectivity index (χ2v) is 11.1. The average Bonchev–Trinajstić information content (AvgIpc) is 3.26. The van der Waals surface area contributed by atoms with Crippen LogP contribution in [0.1, 0.15) is 116 Å². The summed E-state index contributed by atoms with van der Waals surface area (Å²) in [6.07, 6.45) is 27.2. The molecule has 4 aliphatic carbocycles. The van der Waals surface area contributed by atoms with Crippen LogP contribution in [0.15, 0.2) is 12.2 Å². The maximum absolute atomic E-state index is 13.4. The van der Waals surface area contributed by atoms with E-state index < -0.39 is 0 Å². The molecule has 30 heavy (non-hydrogen) atoms. The summed E-state index contributed by atoms with van der Waals surface area (Å²) >= 11 is 0. The van der Waals surface area contributed by atoms with E-state index in [9.17, 15) is 4.79 Å². The normalized spacial score (nSPS) is 37.1. The Balaban J connectivity index is 1.30. The minimum absolute atomic E-state index is 0.139. The molecule has 0 unspecified atom stereocenters. The molecule has 0 aliphatic heterocycles. The van der Waals surface area contributed by atoms with Gasteiger partial charge in [-0.1, -0.05) is 83.3 Å². The lowest BCUT2D eigenvalue weighted by Crippen LogP contribution is -2.38. The highest BCUT2D eigenvalue weighted by atomic mass is 16.5. The van der Waals surface area contributed by atoms with E-state index in [1.165, 1.54) is 96.3 Å². The monoisotopic (exact) mass is 414 g/mol. The molecule has 0 bridgehead atoms. The summed E-state index contributed by atoms with van der Waals surface area (Å²) < 4.78 is 6.26. The van der Waals surface area contributed by atoms with Crippen molar-refractivity contribution >= 4 is 5.97 Å². The first-order valence-corrected chi connectivity index (χ1v) is 13.6. The molecular formula is C28H46O2. The molecule has 0 spiro atoms. The molecule has 170 valence electrons. The Labute approximate surface area is 185 Å². The van der Waals surface area contributed by atoms with Crippen molar-refractivity contribution in [3.8, 4) is 0 Å². The van der Waals surface area contributed by atoms with Crippen molar-refractivity contribution < 1.29 is 9.53 Å². The number of fused-ring (bicyclic) bond motifs is 1. The molecule has 2 nitrogen and oxygen atoms in total. The standard InChI is InChI=1S/C28H46O2/c1-2-3-4-6-12-24-16-15-23-13-9-14-26(23)27(24)28(29)30-25-19-17-22(18-20-25)21-10-7-5-8-11-21/h15-16,21-27H,2-14,17-20H2,1H3/t22?,23-,24+,25?,26+,27+/m0/s1. The van der Waals surface area contributed by atoms with Gasteiger partial charge in [0.15, 0.2) is 0 Å². The summed E-state index contributed by atoms with van der Waals surface area (Å²) in [5, 5.41) is 0. The van der Waals surface area contributed by atoms with Crippen molar-refractivity contribution in [1.29, 1.82) is 0 Å². The molecule has 3 fully saturated rings. The van der Waals surface area contributed by atoms with Crippen molar-refractivity contribution in [2.24, 2.45) is 35.5 Å². The second-order valence-electron chi connectivity index (χ2n) is 11.1.